The minimum atomic E-state index is -0.103. The molecule has 0 radical (unpaired) electrons. The van der Waals surface area contributed by atoms with Gasteiger partial charge in [0.15, 0.2) is 5.13 Å². The van der Waals surface area contributed by atoms with Crippen LogP contribution >= 0.6 is 11.3 Å². The van der Waals surface area contributed by atoms with E-state index in [4.69, 9.17) is 20.2 Å². The SMILES string of the molecule is CCN(Cc1ccc(C(=O)NCc2cccc(CN)c2)cc1)c1nc(-c2cc(OC)ccc2OC)cs1. The second-order valence-electron chi connectivity index (χ2n) is 8.50. The van der Waals surface area contributed by atoms with Gasteiger partial charge in [-0.3, -0.25) is 4.79 Å². The van der Waals surface area contributed by atoms with Crippen molar-refractivity contribution in [1.82, 2.24) is 10.3 Å². The Hall–Kier alpha value is -3.88. The topological polar surface area (TPSA) is 89.7 Å². The maximum absolute atomic E-state index is 12.6. The minimum Gasteiger partial charge on any atom is -0.497 e. The number of aromatic nitrogens is 1. The zero-order valence-corrected chi connectivity index (χ0v) is 22.2. The van der Waals surface area contributed by atoms with Crippen LogP contribution in [-0.2, 0) is 19.6 Å². The Balaban J connectivity index is 1.41. The molecule has 0 fully saturated rings. The van der Waals surface area contributed by atoms with Gasteiger partial charge in [-0.1, -0.05) is 36.4 Å². The standard InChI is InChI=1S/C29H32N4O3S/c1-4-33(29-32-26(19-37-29)25-15-24(35-2)12-13-27(25)36-3)18-20-8-10-23(11-9-20)28(34)31-17-22-7-5-6-21(14-22)16-30/h5-15,19H,4,16-18,30H2,1-3H3,(H,31,34). The molecular weight excluding hydrogens is 484 g/mol. The van der Waals surface area contributed by atoms with Crippen molar-refractivity contribution in [3.05, 3.63) is 94.4 Å². The fraction of sp³-hybridized carbons (Fsp3) is 0.241. The van der Waals surface area contributed by atoms with Crippen molar-refractivity contribution in [2.75, 3.05) is 25.7 Å². The first-order chi connectivity index (χ1) is 18.0. The molecule has 0 aliphatic carbocycles. The third-order valence-electron chi connectivity index (χ3n) is 6.10. The third kappa shape index (κ3) is 6.47. The monoisotopic (exact) mass is 516 g/mol. The molecule has 192 valence electrons. The molecule has 0 saturated carbocycles. The Kier molecular flexibility index (Phi) is 8.77. The van der Waals surface area contributed by atoms with Gasteiger partial charge >= 0.3 is 0 Å². The van der Waals surface area contributed by atoms with E-state index in [0.717, 1.165) is 51.1 Å². The lowest BCUT2D eigenvalue weighted by atomic mass is 10.1. The number of nitrogens with two attached hydrogens (primary N) is 1. The molecule has 3 N–H and O–H groups in total. The molecule has 0 unspecified atom stereocenters. The number of nitrogens with one attached hydrogen (secondary N) is 1. The van der Waals surface area contributed by atoms with Crippen LogP contribution in [0.4, 0.5) is 5.13 Å². The van der Waals surface area contributed by atoms with Crippen molar-refractivity contribution >= 4 is 22.4 Å². The predicted molar refractivity (Wildman–Crippen MR) is 149 cm³/mol. The number of ether oxygens (including phenoxy) is 2. The van der Waals surface area contributed by atoms with Crippen molar-refractivity contribution in [3.8, 4) is 22.8 Å². The highest BCUT2D eigenvalue weighted by Gasteiger charge is 2.15. The average molecular weight is 517 g/mol. The van der Waals surface area contributed by atoms with Crippen LogP contribution in [0.25, 0.3) is 11.3 Å². The maximum atomic E-state index is 12.6. The first kappa shape index (κ1) is 26.2. The van der Waals surface area contributed by atoms with E-state index in [1.54, 1.807) is 25.6 Å². The summed E-state index contributed by atoms with van der Waals surface area (Å²) in [7, 11) is 3.30. The molecule has 0 bridgehead atoms. The number of anilines is 1. The van der Waals surface area contributed by atoms with Crippen molar-refractivity contribution in [1.29, 1.82) is 0 Å². The van der Waals surface area contributed by atoms with Gasteiger partial charge in [0.05, 0.1) is 19.9 Å². The number of benzene rings is 3. The van der Waals surface area contributed by atoms with E-state index in [-0.39, 0.29) is 5.91 Å². The summed E-state index contributed by atoms with van der Waals surface area (Å²) in [6.45, 7) is 4.53. The van der Waals surface area contributed by atoms with Crippen LogP contribution in [-0.4, -0.2) is 31.7 Å². The van der Waals surface area contributed by atoms with Crippen LogP contribution in [0, 0.1) is 0 Å². The number of carbonyl (C=O) groups is 1. The van der Waals surface area contributed by atoms with E-state index in [9.17, 15) is 4.79 Å². The van der Waals surface area contributed by atoms with Gasteiger partial charge in [-0.05, 0) is 53.9 Å². The average Bonchev–Trinajstić information content (AvgIpc) is 3.44. The second-order valence-corrected chi connectivity index (χ2v) is 9.34. The quantitative estimate of drug-likeness (QED) is 0.283. The largest absolute Gasteiger partial charge is 0.497 e. The van der Waals surface area contributed by atoms with E-state index in [0.29, 0.717) is 25.2 Å². The highest BCUT2D eigenvalue weighted by molar-refractivity contribution is 7.14. The Morgan fingerprint density at radius 1 is 1.00 bits per heavy atom. The van der Waals surface area contributed by atoms with E-state index in [1.165, 1.54) is 0 Å². The van der Waals surface area contributed by atoms with E-state index < -0.39 is 0 Å². The molecule has 0 aliphatic rings. The molecule has 3 aromatic carbocycles. The number of methoxy groups -OCH3 is 2. The lowest BCUT2D eigenvalue weighted by Gasteiger charge is -2.20. The summed E-state index contributed by atoms with van der Waals surface area (Å²) in [6.07, 6.45) is 0. The molecule has 4 rings (SSSR count). The number of nitrogens with zero attached hydrogens (tertiary/aromatic N) is 2. The molecule has 1 amide bonds. The predicted octanol–water partition coefficient (Wildman–Crippen LogP) is 5.24. The van der Waals surface area contributed by atoms with Crippen molar-refractivity contribution < 1.29 is 14.3 Å². The molecule has 1 heterocycles. The summed E-state index contributed by atoms with van der Waals surface area (Å²) in [6, 6.07) is 21.3. The van der Waals surface area contributed by atoms with Crippen molar-refractivity contribution in [2.24, 2.45) is 5.73 Å². The Labute approximate surface area is 221 Å². The summed E-state index contributed by atoms with van der Waals surface area (Å²) < 4.78 is 10.9. The van der Waals surface area contributed by atoms with Crippen LogP contribution in [0.1, 0.15) is 34.0 Å². The van der Waals surface area contributed by atoms with Gasteiger partial charge in [0.25, 0.3) is 5.91 Å². The molecule has 0 aliphatic heterocycles. The number of carbonyl (C=O) groups excluding carboxylic acids is 1. The number of thiazole rings is 1. The minimum absolute atomic E-state index is 0.103. The summed E-state index contributed by atoms with van der Waals surface area (Å²) in [5.74, 6) is 1.40. The van der Waals surface area contributed by atoms with Gasteiger partial charge < -0.3 is 25.4 Å². The normalized spacial score (nSPS) is 10.7. The van der Waals surface area contributed by atoms with Gasteiger partial charge in [-0.2, -0.15) is 0 Å². The van der Waals surface area contributed by atoms with Crippen LogP contribution in [0.5, 0.6) is 11.5 Å². The summed E-state index contributed by atoms with van der Waals surface area (Å²) in [5.41, 5.74) is 11.3. The van der Waals surface area contributed by atoms with Gasteiger partial charge in [-0.25, -0.2) is 4.98 Å². The molecule has 8 heteroatoms. The van der Waals surface area contributed by atoms with E-state index in [1.807, 2.05) is 72.1 Å². The first-order valence-corrected chi connectivity index (χ1v) is 13.0. The van der Waals surface area contributed by atoms with Gasteiger partial charge in [-0.15, -0.1) is 11.3 Å². The van der Waals surface area contributed by atoms with Crippen molar-refractivity contribution in [3.63, 3.8) is 0 Å². The molecule has 0 spiro atoms. The molecule has 7 nitrogen and oxygen atoms in total. The number of amides is 1. The zero-order valence-electron chi connectivity index (χ0n) is 21.4. The van der Waals surface area contributed by atoms with Gasteiger partial charge in [0.2, 0.25) is 0 Å². The summed E-state index contributed by atoms with van der Waals surface area (Å²) in [5, 5.41) is 5.94. The lowest BCUT2D eigenvalue weighted by Crippen LogP contribution is -2.23. The Bertz CT molecular complexity index is 1340. The highest BCUT2D eigenvalue weighted by Crippen LogP contribution is 2.36. The number of hydrogen-bond acceptors (Lipinski definition) is 7. The smallest absolute Gasteiger partial charge is 0.251 e. The Morgan fingerprint density at radius 3 is 2.49 bits per heavy atom. The van der Waals surface area contributed by atoms with Crippen LogP contribution in [0.15, 0.2) is 72.1 Å². The van der Waals surface area contributed by atoms with Crippen molar-refractivity contribution in [2.45, 2.75) is 26.6 Å². The van der Waals surface area contributed by atoms with Crippen LogP contribution < -0.4 is 25.4 Å². The Morgan fingerprint density at radius 2 is 1.78 bits per heavy atom. The molecule has 0 saturated heterocycles. The summed E-state index contributed by atoms with van der Waals surface area (Å²) in [4.78, 5) is 19.7. The highest BCUT2D eigenvalue weighted by atomic mass is 32.1. The third-order valence-corrected chi connectivity index (χ3v) is 7.00. The molecular formula is C29H32N4O3S. The molecule has 4 aromatic rings. The zero-order chi connectivity index (χ0) is 26.2. The van der Waals surface area contributed by atoms with Crippen LogP contribution in [0.3, 0.4) is 0 Å². The van der Waals surface area contributed by atoms with Gasteiger partial charge in [0, 0.05) is 42.7 Å². The maximum Gasteiger partial charge on any atom is 0.251 e. The second kappa shape index (κ2) is 12.4. The number of rotatable bonds is 11. The lowest BCUT2D eigenvalue weighted by molar-refractivity contribution is 0.0951. The van der Waals surface area contributed by atoms with Crippen LogP contribution in [0.2, 0.25) is 0 Å². The summed E-state index contributed by atoms with van der Waals surface area (Å²) >= 11 is 1.59. The fourth-order valence-corrected chi connectivity index (χ4v) is 4.89. The van der Waals surface area contributed by atoms with E-state index >= 15 is 0 Å². The fourth-order valence-electron chi connectivity index (χ4n) is 4.00. The molecule has 0 atom stereocenters. The van der Waals surface area contributed by atoms with E-state index in [2.05, 4.69) is 17.1 Å². The molecule has 1 aromatic heterocycles. The van der Waals surface area contributed by atoms with Gasteiger partial charge in [0.1, 0.15) is 11.5 Å². The first-order valence-electron chi connectivity index (χ1n) is 12.1. The molecule has 37 heavy (non-hydrogen) atoms. The number of hydrogen-bond donors (Lipinski definition) is 2.